The number of anilines is 1. The number of carbonyl (C=O) groups is 1. The second kappa shape index (κ2) is 10.2. The van der Waals surface area contributed by atoms with Gasteiger partial charge in [-0.15, -0.1) is 0 Å². The van der Waals surface area contributed by atoms with Crippen LogP contribution < -0.4 is 14.8 Å². The molecule has 162 valence electrons. The zero-order valence-electron chi connectivity index (χ0n) is 16.9. The average molecular weight is 468 g/mol. The van der Waals surface area contributed by atoms with E-state index in [-0.39, 0.29) is 12.6 Å². The van der Waals surface area contributed by atoms with Crippen molar-refractivity contribution in [2.24, 2.45) is 0 Å². The number of aromatic nitrogens is 2. The van der Waals surface area contributed by atoms with Gasteiger partial charge in [-0.2, -0.15) is 5.10 Å². The van der Waals surface area contributed by atoms with Gasteiger partial charge in [-0.3, -0.25) is 4.79 Å². The molecule has 0 aliphatic rings. The molecule has 0 bridgehead atoms. The molecule has 0 aliphatic carbocycles. The van der Waals surface area contributed by atoms with Gasteiger partial charge in [0.15, 0.2) is 6.73 Å². The Morgan fingerprint density at radius 3 is 2.66 bits per heavy atom. The summed E-state index contributed by atoms with van der Waals surface area (Å²) in [5, 5.41) is 8.17. The van der Waals surface area contributed by atoms with Crippen LogP contribution in [0.5, 0.6) is 11.5 Å². The number of ether oxygens (including phenoxy) is 2. The zero-order chi connectivity index (χ0) is 22.3. The van der Waals surface area contributed by atoms with Crippen LogP contribution in [-0.4, -0.2) is 15.7 Å². The number of amides is 1. The highest BCUT2D eigenvalue weighted by Crippen LogP contribution is 2.24. The minimum absolute atomic E-state index is 0.186. The SMILES string of the molecule is O=C(Nc1cnn(COc2cccc(Cl)c2)c1)c1cccc(COc2ccccc2Cl)c1. The van der Waals surface area contributed by atoms with Gasteiger partial charge in [-0.25, -0.2) is 4.68 Å². The summed E-state index contributed by atoms with van der Waals surface area (Å²) in [5.41, 5.74) is 1.92. The molecule has 0 saturated carbocycles. The fourth-order valence-electron chi connectivity index (χ4n) is 2.92. The minimum Gasteiger partial charge on any atom is -0.487 e. The number of hydrogen-bond donors (Lipinski definition) is 1. The molecular formula is C24H19Cl2N3O3. The standard InChI is InChI=1S/C24H19Cl2N3O3/c25-19-7-4-8-21(12-19)32-16-29-14-20(13-27-29)28-24(30)18-6-3-5-17(11-18)15-31-23-10-2-1-9-22(23)26/h1-14H,15-16H2,(H,28,30). The summed E-state index contributed by atoms with van der Waals surface area (Å²) in [7, 11) is 0. The first-order valence-corrected chi connectivity index (χ1v) is 10.5. The van der Waals surface area contributed by atoms with Crippen LogP contribution in [0, 0.1) is 0 Å². The summed E-state index contributed by atoms with van der Waals surface area (Å²) in [6, 6.07) is 21.6. The highest BCUT2D eigenvalue weighted by Gasteiger charge is 2.09. The molecule has 4 rings (SSSR count). The quantitative estimate of drug-likeness (QED) is 0.342. The molecular weight excluding hydrogens is 449 g/mol. The smallest absolute Gasteiger partial charge is 0.255 e. The molecule has 1 N–H and O–H groups in total. The van der Waals surface area contributed by atoms with E-state index in [0.717, 1.165) is 5.56 Å². The predicted octanol–water partition coefficient (Wildman–Crippen LogP) is 6.06. The van der Waals surface area contributed by atoms with E-state index in [9.17, 15) is 4.79 Å². The maximum atomic E-state index is 12.7. The van der Waals surface area contributed by atoms with Crippen molar-refractivity contribution in [1.82, 2.24) is 9.78 Å². The molecule has 0 aliphatic heterocycles. The summed E-state index contributed by atoms with van der Waals surface area (Å²) in [5.74, 6) is 0.978. The van der Waals surface area contributed by atoms with E-state index in [1.54, 1.807) is 65.6 Å². The van der Waals surface area contributed by atoms with Crippen LogP contribution >= 0.6 is 23.2 Å². The Kier molecular flexibility index (Phi) is 6.94. The fraction of sp³-hybridized carbons (Fsp3) is 0.0833. The molecule has 1 amide bonds. The molecule has 6 nitrogen and oxygen atoms in total. The molecule has 1 aromatic heterocycles. The van der Waals surface area contributed by atoms with Crippen LogP contribution in [0.15, 0.2) is 85.2 Å². The normalized spacial score (nSPS) is 10.6. The lowest BCUT2D eigenvalue weighted by Crippen LogP contribution is -2.12. The summed E-state index contributed by atoms with van der Waals surface area (Å²) < 4.78 is 13.0. The highest BCUT2D eigenvalue weighted by molar-refractivity contribution is 6.32. The van der Waals surface area contributed by atoms with Crippen molar-refractivity contribution < 1.29 is 14.3 Å². The van der Waals surface area contributed by atoms with Gasteiger partial charge in [0.25, 0.3) is 5.91 Å². The summed E-state index contributed by atoms with van der Waals surface area (Å²) in [4.78, 5) is 12.7. The first kappa shape index (κ1) is 21.7. The van der Waals surface area contributed by atoms with Crippen LogP contribution in [0.4, 0.5) is 5.69 Å². The van der Waals surface area contributed by atoms with Crippen molar-refractivity contribution in [2.45, 2.75) is 13.3 Å². The number of halogens is 2. The van der Waals surface area contributed by atoms with E-state index < -0.39 is 0 Å². The van der Waals surface area contributed by atoms with Crippen molar-refractivity contribution in [3.05, 3.63) is 106 Å². The van der Waals surface area contributed by atoms with Crippen molar-refractivity contribution >= 4 is 34.8 Å². The molecule has 32 heavy (non-hydrogen) atoms. The number of rotatable bonds is 8. The molecule has 8 heteroatoms. The maximum Gasteiger partial charge on any atom is 0.255 e. The third-order valence-electron chi connectivity index (χ3n) is 4.47. The third kappa shape index (κ3) is 5.81. The van der Waals surface area contributed by atoms with E-state index in [2.05, 4.69) is 10.4 Å². The first-order chi connectivity index (χ1) is 15.6. The lowest BCUT2D eigenvalue weighted by Gasteiger charge is -2.09. The second-order valence-electron chi connectivity index (χ2n) is 6.87. The molecule has 1 heterocycles. The van der Waals surface area contributed by atoms with E-state index >= 15 is 0 Å². The summed E-state index contributed by atoms with van der Waals surface area (Å²) >= 11 is 12.1. The Bertz CT molecular complexity index is 1230. The minimum atomic E-state index is -0.250. The number of nitrogens with one attached hydrogen (secondary N) is 1. The van der Waals surface area contributed by atoms with Crippen molar-refractivity contribution in [2.75, 3.05) is 5.32 Å². The Hall–Kier alpha value is -3.48. The molecule has 0 unspecified atom stereocenters. The monoisotopic (exact) mass is 467 g/mol. The molecule has 0 atom stereocenters. The zero-order valence-corrected chi connectivity index (χ0v) is 18.4. The molecule has 0 saturated heterocycles. The number of para-hydroxylation sites is 1. The number of nitrogens with zero attached hydrogens (tertiary/aromatic N) is 2. The summed E-state index contributed by atoms with van der Waals surface area (Å²) in [6.07, 6.45) is 3.25. The molecule has 0 spiro atoms. The largest absolute Gasteiger partial charge is 0.487 e. The fourth-order valence-corrected chi connectivity index (χ4v) is 3.30. The van der Waals surface area contributed by atoms with E-state index in [1.165, 1.54) is 0 Å². The van der Waals surface area contributed by atoms with Gasteiger partial charge in [-0.1, -0.05) is 53.5 Å². The number of carbonyl (C=O) groups excluding carboxylic acids is 1. The highest BCUT2D eigenvalue weighted by atomic mass is 35.5. The number of hydrogen-bond acceptors (Lipinski definition) is 4. The first-order valence-electron chi connectivity index (χ1n) is 9.75. The van der Waals surface area contributed by atoms with Gasteiger partial charge in [-0.05, 0) is 48.0 Å². The Labute approximate surface area is 195 Å². The van der Waals surface area contributed by atoms with Crippen molar-refractivity contribution in [1.29, 1.82) is 0 Å². The van der Waals surface area contributed by atoms with E-state index in [4.69, 9.17) is 32.7 Å². The van der Waals surface area contributed by atoms with Crippen LogP contribution in [0.3, 0.4) is 0 Å². The maximum absolute atomic E-state index is 12.7. The van der Waals surface area contributed by atoms with Gasteiger partial charge < -0.3 is 14.8 Å². The third-order valence-corrected chi connectivity index (χ3v) is 5.02. The lowest BCUT2D eigenvalue weighted by molar-refractivity contribution is 0.102. The molecule has 3 aromatic carbocycles. The van der Waals surface area contributed by atoms with Crippen molar-refractivity contribution in [3.63, 3.8) is 0 Å². The Morgan fingerprint density at radius 1 is 0.969 bits per heavy atom. The van der Waals surface area contributed by atoms with Gasteiger partial charge in [0, 0.05) is 10.6 Å². The molecule has 0 radical (unpaired) electrons. The van der Waals surface area contributed by atoms with Gasteiger partial charge >= 0.3 is 0 Å². The van der Waals surface area contributed by atoms with Gasteiger partial charge in [0.1, 0.15) is 18.1 Å². The van der Waals surface area contributed by atoms with Crippen LogP contribution in [0.25, 0.3) is 0 Å². The van der Waals surface area contributed by atoms with Gasteiger partial charge in [0.2, 0.25) is 0 Å². The molecule has 4 aromatic rings. The predicted molar refractivity (Wildman–Crippen MR) is 124 cm³/mol. The van der Waals surface area contributed by atoms with Crippen LogP contribution in [0.1, 0.15) is 15.9 Å². The van der Waals surface area contributed by atoms with Crippen molar-refractivity contribution in [3.8, 4) is 11.5 Å². The van der Waals surface area contributed by atoms with Crippen LogP contribution in [-0.2, 0) is 13.3 Å². The van der Waals surface area contributed by atoms with E-state index in [0.29, 0.717) is 39.4 Å². The Balaban J connectivity index is 1.34. The Morgan fingerprint density at radius 2 is 1.81 bits per heavy atom. The lowest BCUT2D eigenvalue weighted by atomic mass is 10.1. The second-order valence-corrected chi connectivity index (χ2v) is 7.72. The van der Waals surface area contributed by atoms with E-state index in [1.807, 2.05) is 24.3 Å². The topological polar surface area (TPSA) is 65.4 Å². The van der Waals surface area contributed by atoms with Crippen LogP contribution in [0.2, 0.25) is 10.0 Å². The van der Waals surface area contributed by atoms with Gasteiger partial charge in [0.05, 0.1) is 23.1 Å². The average Bonchev–Trinajstić information content (AvgIpc) is 3.25. The number of benzene rings is 3. The summed E-state index contributed by atoms with van der Waals surface area (Å²) in [6.45, 7) is 0.481. The molecule has 0 fully saturated rings.